The van der Waals surface area contributed by atoms with Crippen molar-refractivity contribution in [1.82, 2.24) is 0 Å². The van der Waals surface area contributed by atoms with Crippen LogP contribution in [0.5, 0.6) is 0 Å². The normalized spacial score (nSPS) is 44.1. The highest BCUT2D eigenvalue weighted by atomic mass is 16.1. The van der Waals surface area contributed by atoms with E-state index < -0.39 is 0 Å². The van der Waals surface area contributed by atoms with Gasteiger partial charge in [0.25, 0.3) is 0 Å². The van der Waals surface area contributed by atoms with Crippen LogP contribution in [-0.4, -0.2) is 11.6 Å². The van der Waals surface area contributed by atoms with Crippen molar-refractivity contribution >= 4 is 11.6 Å². The van der Waals surface area contributed by atoms with Crippen LogP contribution in [0.25, 0.3) is 0 Å². The maximum Gasteiger partial charge on any atom is 0.139 e. The van der Waals surface area contributed by atoms with E-state index in [-0.39, 0.29) is 5.41 Å². The molecule has 0 aromatic carbocycles. The van der Waals surface area contributed by atoms with Crippen LogP contribution in [0.3, 0.4) is 0 Å². The molecule has 0 heterocycles. The van der Waals surface area contributed by atoms with E-state index in [1.165, 1.54) is 18.4 Å². The number of fused-ring (bicyclic) bond motifs is 4. The molecule has 20 heavy (non-hydrogen) atoms. The summed E-state index contributed by atoms with van der Waals surface area (Å²) in [6.07, 6.45) is 9.09. The second-order valence-corrected chi connectivity index (χ2v) is 7.68. The van der Waals surface area contributed by atoms with E-state index >= 15 is 0 Å². The van der Waals surface area contributed by atoms with E-state index in [1.54, 1.807) is 5.57 Å². The first-order chi connectivity index (χ1) is 9.59. The largest absolute Gasteiger partial charge is 0.299 e. The first-order valence-corrected chi connectivity index (χ1v) is 8.35. The molecule has 4 aliphatic rings. The summed E-state index contributed by atoms with van der Waals surface area (Å²) in [6, 6.07) is 0. The lowest BCUT2D eigenvalue weighted by Crippen LogP contribution is -2.44. The fourth-order valence-corrected chi connectivity index (χ4v) is 5.82. The molecule has 2 heteroatoms. The number of hydrogen-bond donors (Lipinski definition) is 0. The van der Waals surface area contributed by atoms with Crippen LogP contribution in [0.2, 0.25) is 0 Å². The zero-order valence-electron chi connectivity index (χ0n) is 12.4. The minimum Gasteiger partial charge on any atom is -0.299 e. The van der Waals surface area contributed by atoms with Gasteiger partial charge >= 0.3 is 0 Å². The number of allylic oxidation sites excluding steroid dienone is 2. The molecule has 0 aromatic rings. The maximum atomic E-state index is 12.3. The fourth-order valence-electron chi connectivity index (χ4n) is 5.82. The van der Waals surface area contributed by atoms with Crippen molar-refractivity contribution in [3.05, 3.63) is 11.1 Å². The lowest BCUT2D eigenvalue weighted by Gasteiger charge is -2.49. The van der Waals surface area contributed by atoms with Gasteiger partial charge in [0.2, 0.25) is 0 Å². The van der Waals surface area contributed by atoms with Gasteiger partial charge in [-0.05, 0) is 56.3 Å². The molecule has 108 valence electrons. The molecule has 0 aliphatic heterocycles. The number of rotatable bonds is 0. The fraction of sp³-hybridized carbons (Fsp3) is 0.778. The van der Waals surface area contributed by atoms with Gasteiger partial charge in [-0.25, -0.2) is 0 Å². The molecule has 2 fully saturated rings. The summed E-state index contributed by atoms with van der Waals surface area (Å²) in [4.78, 5) is 23.9. The Morgan fingerprint density at radius 3 is 2.70 bits per heavy atom. The summed E-state index contributed by atoms with van der Waals surface area (Å²) in [5.74, 6) is 3.03. The van der Waals surface area contributed by atoms with E-state index in [4.69, 9.17) is 0 Å². The molecule has 0 amide bonds. The minimum atomic E-state index is -0.0102. The van der Waals surface area contributed by atoms with E-state index in [2.05, 4.69) is 6.92 Å². The summed E-state index contributed by atoms with van der Waals surface area (Å²) < 4.78 is 0. The van der Waals surface area contributed by atoms with Gasteiger partial charge in [-0.1, -0.05) is 18.1 Å². The van der Waals surface area contributed by atoms with Crippen molar-refractivity contribution in [1.29, 1.82) is 0 Å². The summed E-state index contributed by atoms with van der Waals surface area (Å²) in [6.45, 7) is 2.23. The quantitative estimate of drug-likeness (QED) is 0.628. The van der Waals surface area contributed by atoms with E-state index in [9.17, 15) is 9.59 Å². The lowest BCUT2D eigenvalue weighted by molar-refractivity contribution is -0.129. The van der Waals surface area contributed by atoms with Crippen molar-refractivity contribution in [3.8, 4) is 0 Å². The van der Waals surface area contributed by atoms with Gasteiger partial charge in [-0.3, -0.25) is 9.59 Å². The van der Waals surface area contributed by atoms with Gasteiger partial charge in [0.15, 0.2) is 0 Å². The summed E-state index contributed by atoms with van der Waals surface area (Å²) >= 11 is 0. The zero-order chi connectivity index (χ0) is 13.9. The zero-order valence-corrected chi connectivity index (χ0v) is 12.4. The first-order valence-electron chi connectivity index (χ1n) is 8.35. The van der Waals surface area contributed by atoms with Gasteiger partial charge < -0.3 is 0 Å². The Hall–Kier alpha value is -0.920. The van der Waals surface area contributed by atoms with Crippen molar-refractivity contribution in [3.63, 3.8) is 0 Å². The van der Waals surface area contributed by atoms with Crippen LogP contribution in [-0.2, 0) is 9.59 Å². The van der Waals surface area contributed by atoms with Crippen LogP contribution < -0.4 is 0 Å². The molecular weight excluding hydrogens is 248 g/mol. The number of hydrogen-bond acceptors (Lipinski definition) is 2. The summed E-state index contributed by atoms with van der Waals surface area (Å²) in [5.41, 5.74) is 3.11. The number of Topliss-reactive ketones (excluding diaryl/α,β-unsaturated/α-hetero) is 2. The van der Waals surface area contributed by atoms with Gasteiger partial charge in [0.1, 0.15) is 11.6 Å². The smallest absolute Gasteiger partial charge is 0.139 e. The van der Waals surface area contributed by atoms with Gasteiger partial charge in [-0.15, -0.1) is 0 Å². The van der Waals surface area contributed by atoms with Gasteiger partial charge in [0, 0.05) is 24.7 Å². The molecule has 0 unspecified atom stereocenters. The van der Waals surface area contributed by atoms with E-state index in [0.29, 0.717) is 23.4 Å². The Kier molecular flexibility index (Phi) is 2.74. The predicted molar refractivity (Wildman–Crippen MR) is 77.2 cm³/mol. The van der Waals surface area contributed by atoms with Crippen molar-refractivity contribution in [2.24, 2.45) is 23.2 Å². The average molecular weight is 272 g/mol. The second kappa shape index (κ2) is 4.29. The third kappa shape index (κ3) is 1.63. The maximum absolute atomic E-state index is 12.3. The number of ketones is 2. The molecule has 0 spiro atoms. The van der Waals surface area contributed by atoms with Crippen LogP contribution >= 0.6 is 0 Å². The van der Waals surface area contributed by atoms with Crippen LogP contribution in [0, 0.1) is 23.2 Å². The minimum absolute atomic E-state index is 0.0102. The molecule has 4 aliphatic carbocycles. The standard InChI is InChI=1S/C18H24O2/c1-18-9-8-14-13-5-3-12(19)10-11(13)2-4-15(14)16(18)6-7-17(18)20/h14-16H,2-10H2,1H3/t14-,15-,16+,18+/m1/s1. The first kappa shape index (κ1) is 12.8. The lowest BCUT2D eigenvalue weighted by atomic mass is 9.54. The highest BCUT2D eigenvalue weighted by Crippen LogP contribution is 2.59. The molecule has 0 bridgehead atoms. The molecule has 0 aromatic heterocycles. The van der Waals surface area contributed by atoms with Crippen molar-refractivity contribution in [2.45, 2.75) is 64.7 Å². The van der Waals surface area contributed by atoms with E-state index in [1.807, 2.05) is 0 Å². The molecule has 0 saturated heterocycles. The van der Waals surface area contributed by atoms with E-state index in [0.717, 1.165) is 50.9 Å². The SMILES string of the molecule is C[C@]12CC[C@@H]3C4=C(CC[C@H]3[C@@H]1CCC2=O)CC(=O)CC4. The summed E-state index contributed by atoms with van der Waals surface area (Å²) in [7, 11) is 0. The van der Waals surface area contributed by atoms with Crippen LogP contribution in [0.4, 0.5) is 0 Å². The topological polar surface area (TPSA) is 34.1 Å². The molecule has 0 radical (unpaired) electrons. The summed E-state index contributed by atoms with van der Waals surface area (Å²) in [5, 5.41) is 0. The molecule has 2 nitrogen and oxygen atoms in total. The Morgan fingerprint density at radius 1 is 1.00 bits per heavy atom. The monoisotopic (exact) mass is 272 g/mol. The van der Waals surface area contributed by atoms with Crippen molar-refractivity contribution in [2.75, 3.05) is 0 Å². The van der Waals surface area contributed by atoms with Gasteiger partial charge in [-0.2, -0.15) is 0 Å². The van der Waals surface area contributed by atoms with Crippen molar-refractivity contribution < 1.29 is 9.59 Å². The predicted octanol–water partition coefficient (Wildman–Crippen LogP) is 3.84. The Balaban J connectivity index is 1.67. The Labute approximate surface area is 121 Å². The Morgan fingerprint density at radius 2 is 1.85 bits per heavy atom. The highest BCUT2D eigenvalue weighted by Gasteiger charge is 2.54. The van der Waals surface area contributed by atoms with Crippen LogP contribution in [0.15, 0.2) is 11.1 Å². The third-order valence-corrected chi connectivity index (χ3v) is 6.91. The molecular formula is C18H24O2. The number of carbonyl (C=O) groups excluding carboxylic acids is 2. The molecule has 4 rings (SSSR count). The number of carbonyl (C=O) groups is 2. The average Bonchev–Trinajstić information content (AvgIpc) is 2.74. The Bertz CT molecular complexity index is 516. The molecule has 2 saturated carbocycles. The van der Waals surface area contributed by atoms with Crippen LogP contribution in [0.1, 0.15) is 64.7 Å². The second-order valence-electron chi connectivity index (χ2n) is 7.68. The highest BCUT2D eigenvalue weighted by molar-refractivity contribution is 5.87. The third-order valence-electron chi connectivity index (χ3n) is 6.91. The van der Waals surface area contributed by atoms with Gasteiger partial charge in [0.05, 0.1) is 0 Å². The molecule has 4 atom stereocenters. The molecule has 0 N–H and O–H groups in total.